The van der Waals surface area contributed by atoms with E-state index in [4.69, 9.17) is 0 Å². The minimum Gasteiger partial charge on any atom is -0.307 e. The fraction of sp³-hybridized carbons (Fsp3) is 0.471. The Kier molecular flexibility index (Phi) is 4.68. The van der Waals surface area contributed by atoms with Gasteiger partial charge in [0.2, 0.25) is 0 Å². The molecule has 0 spiro atoms. The van der Waals surface area contributed by atoms with Gasteiger partial charge in [-0.3, -0.25) is 9.88 Å². The molecule has 21 heavy (non-hydrogen) atoms. The highest BCUT2D eigenvalue weighted by Crippen LogP contribution is 2.25. The van der Waals surface area contributed by atoms with Crippen LogP contribution in [0.2, 0.25) is 0 Å². The van der Waals surface area contributed by atoms with Crippen molar-refractivity contribution in [3.05, 3.63) is 52.5 Å². The number of thiazole rings is 1. The Morgan fingerprint density at radius 2 is 2.14 bits per heavy atom. The molecule has 1 fully saturated rings. The van der Waals surface area contributed by atoms with Crippen molar-refractivity contribution in [2.45, 2.75) is 32.5 Å². The summed E-state index contributed by atoms with van der Waals surface area (Å²) in [5.41, 5.74) is 3.31. The second-order valence-electron chi connectivity index (χ2n) is 6.08. The molecule has 0 saturated carbocycles. The molecule has 1 aromatic carbocycles. The summed E-state index contributed by atoms with van der Waals surface area (Å²) in [7, 11) is 0. The molecule has 0 bridgehead atoms. The highest BCUT2D eigenvalue weighted by atomic mass is 32.1. The van der Waals surface area contributed by atoms with Crippen LogP contribution in [0.5, 0.6) is 0 Å². The molecule has 0 radical (unpaired) electrons. The third-order valence-corrected chi connectivity index (χ3v) is 5.04. The van der Waals surface area contributed by atoms with Crippen LogP contribution in [0.1, 0.15) is 30.3 Å². The molecule has 2 unspecified atom stereocenters. The maximum Gasteiger partial charge on any atom is 0.0794 e. The first-order valence-electron chi connectivity index (χ1n) is 7.64. The van der Waals surface area contributed by atoms with Crippen LogP contribution >= 0.6 is 11.3 Å². The number of nitrogens with zero attached hydrogens (tertiary/aromatic N) is 2. The van der Waals surface area contributed by atoms with Crippen LogP contribution in [0.25, 0.3) is 0 Å². The van der Waals surface area contributed by atoms with Gasteiger partial charge in [-0.1, -0.05) is 44.2 Å². The van der Waals surface area contributed by atoms with Crippen molar-refractivity contribution in [2.75, 3.05) is 13.1 Å². The number of piperazine rings is 1. The van der Waals surface area contributed by atoms with Crippen molar-refractivity contribution >= 4 is 11.3 Å². The lowest BCUT2D eigenvalue weighted by Gasteiger charge is -2.42. The molecule has 2 aromatic rings. The maximum absolute atomic E-state index is 4.21. The van der Waals surface area contributed by atoms with Crippen LogP contribution in [0.4, 0.5) is 0 Å². The molecule has 1 aromatic heterocycles. The molecule has 1 aliphatic heterocycles. The molecule has 2 atom stereocenters. The lowest BCUT2D eigenvalue weighted by Crippen LogP contribution is -2.54. The Morgan fingerprint density at radius 1 is 1.33 bits per heavy atom. The quantitative estimate of drug-likeness (QED) is 0.939. The third-order valence-electron chi connectivity index (χ3n) is 4.27. The highest BCUT2D eigenvalue weighted by Gasteiger charge is 2.30. The number of hydrogen-bond acceptors (Lipinski definition) is 4. The smallest absolute Gasteiger partial charge is 0.0794 e. The van der Waals surface area contributed by atoms with Crippen molar-refractivity contribution in [3.8, 4) is 0 Å². The Hall–Kier alpha value is -1.23. The predicted molar refractivity (Wildman–Crippen MR) is 88.3 cm³/mol. The SMILES string of the molecule is CC(C)C1CNC(c2ccccc2)CN1Cc1cncs1. The molecule has 4 heteroatoms. The molecule has 1 N–H and O–H groups in total. The number of aromatic nitrogens is 1. The second kappa shape index (κ2) is 6.69. The lowest BCUT2D eigenvalue weighted by atomic mass is 9.95. The summed E-state index contributed by atoms with van der Waals surface area (Å²) in [6, 6.07) is 11.8. The van der Waals surface area contributed by atoms with E-state index in [0.29, 0.717) is 18.0 Å². The maximum atomic E-state index is 4.21. The van der Waals surface area contributed by atoms with E-state index in [1.54, 1.807) is 11.3 Å². The van der Waals surface area contributed by atoms with Crippen molar-refractivity contribution in [3.63, 3.8) is 0 Å². The van der Waals surface area contributed by atoms with Gasteiger partial charge in [0.25, 0.3) is 0 Å². The van der Waals surface area contributed by atoms with Gasteiger partial charge >= 0.3 is 0 Å². The van der Waals surface area contributed by atoms with E-state index in [2.05, 4.69) is 59.4 Å². The normalized spacial score (nSPS) is 23.6. The average molecular weight is 301 g/mol. The minimum absolute atomic E-state index is 0.425. The summed E-state index contributed by atoms with van der Waals surface area (Å²) in [6.45, 7) is 7.75. The van der Waals surface area contributed by atoms with Crippen LogP contribution in [0.3, 0.4) is 0 Å². The zero-order chi connectivity index (χ0) is 14.7. The molecule has 112 valence electrons. The van der Waals surface area contributed by atoms with Crippen LogP contribution in [-0.4, -0.2) is 29.0 Å². The fourth-order valence-electron chi connectivity index (χ4n) is 3.09. The van der Waals surface area contributed by atoms with Crippen molar-refractivity contribution < 1.29 is 0 Å². The standard InChI is InChI=1S/C17H23N3S/c1-13(2)17-9-19-16(14-6-4-3-5-7-14)11-20(17)10-15-8-18-12-21-15/h3-8,12-13,16-17,19H,9-11H2,1-2H3. The molecular formula is C17H23N3S. The van der Waals surface area contributed by atoms with Crippen LogP contribution in [0.15, 0.2) is 42.0 Å². The molecule has 1 aliphatic rings. The summed E-state index contributed by atoms with van der Waals surface area (Å²) < 4.78 is 0. The van der Waals surface area contributed by atoms with Gasteiger partial charge < -0.3 is 5.32 Å². The minimum atomic E-state index is 0.425. The van der Waals surface area contributed by atoms with Crippen LogP contribution < -0.4 is 5.32 Å². The van der Waals surface area contributed by atoms with Gasteiger partial charge in [0.1, 0.15) is 0 Å². The first kappa shape index (κ1) is 14.7. The first-order chi connectivity index (χ1) is 10.2. The van der Waals surface area contributed by atoms with Crippen molar-refractivity contribution in [2.24, 2.45) is 5.92 Å². The first-order valence-corrected chi connectivity index (χ1v) is 8.51. The Morgan fingerprint density at radius 3 is 2.81 bits per heavy atom. The summed E-state index contributed by atoms with van der Waals surface area (Å²) in [5.74, 6) is 0.655. The molecule has 2 heterocycles. The number of nitrogens with one attached hydrogen (secondary N) is 1. The molecule has 3 rings (SSSR count). The fourth-order valence-corrected chi connectivity index (χ4v) is 3.71. The van der Waals surface area contributed by atoms with Crippen molar-refractivity contribution in [1.82, 2.24) is 15.2 Å². The predicted octanol–water partition coefficient (Wildman–Crippen LogP) is 3.31. The Balaban J connectivity index is 1.75. The summed E-state index contributed by atoms with van der Waals surface area (Å²) >= 11 is 1.75. The van der Waals surface area contributed by atoms with Gasteiger partial charge in [-0.25, -0.2) is 0 Å². The second-order valence-corrected chi connectivity index (χ2v) is 7.05. The van der Waals surface area contributed by atoms with Gasteiger partial charge in [0.05, 0.1) is 5.51 Å². The molecular weight excluding hydrogens is 278 g/mol. The molecule has 3 nitrogen and oxygen atoms in total. The van der Waals surface area contributed by atoms with E-state index < -0.39 is 0 Å². The van der Waals surface area contributed by atoms with E-state index in [9.17, 15) is 0 Å². The van der Waals surface area contributed by atoms with Crippen LogP contribution in [-0.2, 0) is 6.54 Å². The van der Waals surface area contributed by atoms with Gasteiger partial charge in [0.15, 0.2) is 0 Å². The van der Waals surface area contributed by atoms with Gasteiger partial charge in [-0.2, -0.15) is 0 Å². The zero-order valence-corrected chi connectivity index (χ0v) is 13.5. The Bertz CT molecular complexity index is 538. The van der Waals surface area contributed by atoms with Gasteiger partial charge in [0, 0.05) is 42.8 Å². The number of rotatable bonds is 4. The molecule has 1 saturated heterocycles. The molecule has 0 aliphatic carbocycles. The van der Waals surface area contributed by atoms with Crippen LogP contribution in [0, 0.1) is 5.92 Å². The zero-order valence-electron chi connectivity index (χ0n) is 12.7. The topological polar surface area (TPSA) is 28.2 Å². The number of benzene rings is 1. The van der Waals surface area contributed by atoms with Gasteiger partial charge in [-0.15, -0.1) is 11.3 Å². The van der Waals surface area contributed by atoms with E-state index in [1.807, 2.05) is 11.7 Å². The van der Waals surface area contributed by atoms with Crippen molar-refractivity contribution in [1.29, 1.82) is 0 Å². The monoisotopic (exact) mass is 301 g/mol. The van der Waals surface area contributed by atoms with E-state index in [0.717, 1.165) is 19.6 Å². The van der Waals surface area contributed by atoms with E-state index >= 15 is 0 Å². The summed E-state index contributed by atoms with van der Waals surface area (Å²) in [5, 5.41) is 3.72. The van der Waals surface area contributed by atoms with E-state index in [1.165, 1.54) is 10.4 Å². The van der Waals surface area contributed by atoms with Gasteiger partial charge in [-0.05, 0) is 11.5 Å². The third kappa shape index (κ3) is 3.51. The highest BCUT2D eigenvalue weighted by molar-refractivity contribution is 7.09. The average Bonchev–Trinajstić information content (AvgIpc) is 3.01. The molecule has 0 amide bonds. The lowest BCUT2D eigenvalue weighted by molar-refractivity contribution is 0.0920. The summed E-state index contributed by atoms with van der Waals surface area (Å²) in [4.78, 5) is 8.18. The Labute approximate surface area is 131 Å². The summed E-state index contributed by atoms with van der Waals surface area (Å²) in [6.07, 6.45) is 2.00. The number of hydrogen-bond donors (Lipinski definition) is 1. The van der Waals surface area contributed by atoms with E-state index in [-0.39, 0.29) is 0 Å². The largest absolute Gasteiger partial charge is 0.307 e.